The van der Waals surface area contributed by atoms with E-state index in [-0.39, 0.29) is 0 Å². The molecule has 0 fully saturated rings. The van der Waals surface area contributed by atoms with E-state index in [2.05, 4.69) is 0 Å². The van der Waals surface area contributed by atoms with Crippen LogP contribution in [0.5, 0.6) is 0 Å². The molecule has 104 valence electrons. The molecule has 2 heteroatoms. The van der Waals surface area contributed by atoms with Gasteiger partial charge in [-0.25, -0.2) is 0 Å². The van der Waals surface area contributed by atoms with Gasteiger partial charge in [-0.15, -0.1) is 0 Å². The molecule has 0 heterocycles. The highest BCUT2D eigenvalue weighted by molar-refractivity contribution is 5.59. The number of nitrogen functional groups attached to an aromatic ring is 1. The summed E-state index contributed by atoms with van der Waals surface area (Å²) in [4.78, 5) is 0. The van der Waals surface area contributed by atoms with Crippen molar-refractivity contribution in [1.29, 1.82) is 0 Å². The summed E-state index contributed by atoms with van der Waals surface area (Å²) >= 11 is 0. The third kappa shape index (κ3) is 2.30. The molecule has 0 aliphatic rings. The van der Waals surface area contributed by atoms with Gasteiger partial charge in [-0.05, 0) is 17.2 Å². The normalized spacial score (nSPS) is 11.3. The second-order valence-electron chi connectivity index (χ2n) is 5.13. The molecule has 3 aromatic rings. The number of hydrogen-bond acceptors (Lipinski definition) is 2. The summed E-state index contributed by atoms with van der Waals surface area (Å²) in [6.07, 6.45) is 0. The van der Waals surface area contributed by atoms with E-state index in [0.29, 0.717) is 5.69 Å². The van der Waals surface area contributed by atoms with E-state index in [1.165, 1.54) is 0 Å². The molecule has 0 atom stereocenters. The Bertz CT molecular complexity index is 681. The van der Waals surface area contributed by atoms with Gasteiger partial charge in [0.15, 0.2) is 0 Å². The predicted octanol–water partition coefficient (Wildman–Crippen LogP) is 3.52. The first-order chi connectivity index (χ1) is 10.2. The molecule has 0 aromatic heterocycles. The Morgan fingerprint density at radius 1 is 0.571 bits per heavy atom. The van der Waals surface area contributed by atoms with Crippen LogP contribution < -0.4 is 11.5 Å². The predicted molar refractivity (Wildman–Crippen MR) is 87.8 cm³/mol. The SMILES string of the molecule is Nc1ccccc1C(N)(c1ccccc1)c1ccccc1. The molecule has 0 saturated heterocycles. The van der Waals surface area contributed by atoms with Gasteiger partial charge < -0.3 is 11.5 Å². The molecule has 0 radical (unpaired) electrons. The van der Waals surface area contributed by atoms with E-state index in [9.17, 15) is 0 Å². The molecule has 3 aromatic carbocycles. The number of anilines is 1. The van der Waals surface area contributed by atoms with Gasteiger partial charge in [0.1, 0.15) is 0 Å². The van der Waals surface area contributed by atoms with Crippen LogP contribution >= 0.6 is 0 Å². The fourth-order valence-electron chi connectivity index (χ4n) is 2.74. The van der Waals surface area contributed by atoms with E-state index < -0.39 is 5.54 Å². The lowest BCUT2D eigenvalue weighted by Gasteiger charge is -2.32. The highest BCUT2D eigenvalue weighted by Crippen LogP contribution is 2.36. The zero-order valence-corrected chi connectivity index (χ0v) is 11.7. The highest BCUT2D eigenvalue weighted by atomic mass is 14.8. The molecule has 3 rings (SSSR count). The van der Waals surface area contributed by atoms with Crippen LogP contribution in [0.25, 0.3) is 0 Å². The molecule has 4 N–H and O–H groups in total. The fourth-order valence-corrected chi connectivity index (χ4v) is 2.74. The summed E-state index contributed by atoms with van der Waals surface area (Å²) in [5.41, 5.74) is 16.0. The van der Waals surface area contributed by atoms with Crippen molar-refractivity contribution in [3.05, 3.63) is 102 Å². The molecule has 0 bridgehead atoms. The number of para-hydroxylation sites is 1. The quantitative estimate of drug-likeness (QED) is 0.567. The van der Waals surface area contributed by atoms with Crippen molar-refractivity contribution in [3.8, 4) is 0 Å². The van der Waals surface area contributed by atoms with Crippen molar-refractivity contribution < 1.29 is 0 Å². The van der Waals surface area contributed by atoms with E-state index in [0.717, 1.165) is 16.7 Å². The van der Waals surface area contributed by atoms with Crippen molar-refractivity contribution in [2.45, 2.75) is 5.54 Å². The van der Waals surface area contributed by atoms with Gasteiger partial charge in [-0.2, -0.15) is 0 Å². The van der Waals surface area contributed by atoms with E-state index in [1.54, 1.807) is 0 Å². The van der Waals surface area contributed by atoms with Crippen molar-refractivity contribution in [1.82, 2.24) is 0 Å². The van der Waals surface area contributed by atoms with E-state index in [4.69, 9.17) is 11.5 Å². The number of nitrogens with two attached hydrogens (primary N) is 2. The summed E-state index contributed by atoms with van der Waals surface area (Å²) in [6.45, 7) is 0. The first-order valence-electron chi connectivity index (χ1n) is 6.98. The van der Waals surface area contributed by atoms with Gasteiger partial charge in [-0.3, -0.25) is 0 Å². The molecule has 2 nitrogen and oxygen atoms in total. The van der Waals surface area contributed by atoms with E-state index in [1.807, 2.05) is 84.9 Å². The van der Waals surface area contributed by atoms with Crippen LogP contribution in [0.2, 0.25) is 0 Å². The van der Waals surface area contributed by atoms with Crippen LogP contribution in [0, 0.1) is 0 Å². The smallest absolute Gasteiger partial charge is 0.0942 e. The van der Waals surface area contributed by atoms with Crippen LogP contribution in [0.15, 0.2) is 84.9 Å². The highest BCUT2D eigenvalue weighted by Gasteiger charge is 2.33. The van der Waals surface area contributed by atoms with Crippen LogP contribution in [0.4, 0.5) is 5.69 Å². The monoisotopic (exact) mass is 274 g/mol. The summed E-state index contributed by atoms with van der Waals surface area (Å²) < 4.78 is 0. The van der Waals surface area contributed by atoms with Gasteiger partial charge in [-0.1, -0.05) is 78.9 Å². The number of rotatable bonds is 3. The lowest BCUT2D eigenvalue weighted by molar-refractivity contribution is 0.655. The third-order valence-electron chi connectivity index (χ3n) is 3.84. The largest absolute Gasteiger partial charge is 0.398 e. The Hall–Kier alpha value is -2.58. The molecule has 0 aliphatic carbocycles. The summed E-state index contributed by atoms with van der Waals surface area (Å²) in [5.74, 6) is 0. The van der Waals surface area contributed by atoms with Gasteiger partial charge in [0.05, 0.1) is 5.54 Å². The number of hydrogen-bond donors (Lipinski definition) is 2. The Kier molecular flexibility index (Phi) is 3.46. The average Bonchev–Trinajstić information content (AvgIpc) is 2.56. The second-order valence-corrected chi connectivity index (χ2v) is 5.13. The molecule has 0 aliphatic heterocycles. The molecule has 0 amide bonds. The average molecular weight is 274 g/mol. The molecule has 0 spiro atoms. The van der Waals surface area contributed by atoms with E-state index >= 15 is 0 Å². The Morgan fingerprint density at radius 2 is 1.00 bits per heavy atom. The topological polar surface area (TPSA) is 52.0 Å². The minimum Gasteiger partial charge on any atom is -0.398 e. The Morgan fingerprint density at radius 3 is 1.48 bits per heavy atom. The van der Waals surface area contributed by atoms with Gasteiger partial charge in [0, 0.05) is 11.3 Å². The molecular weight excluding hydrogens is 256 g/mol. The fraction of sp³-hybridized carbons (Fsp3) is 0.0526. The van der Waals surface area contributed by atoms with Crippen molar-refractivity contribution in [2.24, 2.45) is 5.73 Å². The zero-order chi connectivity index (χ0) is 14.7. The van der Waals surface area contributed by atoms with Crippen LogP contribution in [0.1, 0.15) is 16.7 Å². The Balaban J connectivity index is 2.29. The van der Waals surface area contributed by atoms with Crippen LogP contribution in [-0.2, 0) is 5.54 Å². The van der Waals surface area contributed by atoms with Gasteiger partial charge in [0.2, 0.25) is 0 Å². The lowest BCUT2D eigenvalue weighted by Crippen LogP contribution is -2.39. The maximum atomic E-state index is 6.88. The summed E-state index contributed by atoms with van der Waals surface area (Å²) in [5, 5.41) is 0. The maximum Gasteiger partial charge on any atom is 0.0942 e. The minimum absolute atomic E-state index is 0.702. The number of benzene rings is 3. The standard InChI is InChI=1S/C19H18N2/c20-18-14-8-7-13-17(18)19(21,15-9-3-1-4-10-15)16-11-5-2-6-12-16/h1-14H,20-21H2. The Labute approximate surface area is 125 Å². The van der Waals surface area contributed by atoms with Crippen molar-refractivity contribution in [2.75, 3.05) is 5.73 Å². The molecular formula is C19H18N2. The molecule has 21 heavy (non-hydrogen) atoms. The van der Waals surface area contributed by atoms with Crippen molar-refractivity contribution in [3.63, 3.8) is 0 Å². The third-order valence-corrected chi connectivity index (χ3v) is 3.84. The van der Waals surface area contributed by atoms with Crippen LogP contribution in [0.3, 0.4) is 0 Å². The zero-order valence-electron chi connectivity index (χ0n) is 11.7. The molecule has 0 saturated carbocycles. The van der Waals surface area contributed by atoms with Crippen molar-refractivity contribution >= 4 is 5.69 Å². The first-order valence-corrected chi connectivity index (χ1v) is 6.98. The maximum absolute atomic E-state index is 6.88. The molecule has 0 unspecified atom stereocenters. The lowest BCUT2D eigenvalue weighted by atomic mass is 9.77. The van der Waals surface area contributed by atoms with Crippen LogP contribution in [-0.4, -0.2) is 0 Å². The summed E-state index contributed by atoms with van der Waals surface area (Å²) in [7, 11) is 0. The minimum atomic E-state index is -0.756. The van der Waals surface area contributed by atoms with Gasteiger partial charge in [0.25, 0.3) is 0 Å². The van der Waals surface area contributed by atoms with Gasteiger partial charge >= 0.3 is 0 Å². The summed E-state index contributed by atoms with van der Waals surface area (Å²) in [6, 6.07) is 27.9. The second kappa shape index (κ2) is 5.43. The first kappa shape index (κ1) is 13.4.